The van der Waals surface area contributed by atoms with Crippen molar-refractivity contribution in [2.45, 2.75) is 19.3 Å². The molecule has 1 fully saturated rings. The van der Waals surface area contributed by atoms with Gasteiger partial charge in [-0.3, -0.25) is 4.79 Å². The lowest BCUT2D eigenvalue weighted by Gasteiger charge is -2.02. The third kappa shape index (κ3) is 3.48. The summed E-state index contributed by atoms with van der Waals surface area (Å²) in [6, 6.07) is 20.1. The summed E-state index contributed by atoms with van der Waals surface area (Å²) in [7, 11) is 0. The largest absolute Gasteiger partial charge is 0.355 e. The molecule has 0 saturated heterocycles. The normalized spacial score (nSPS) is 18.8. The smallest absolute Gasteiger partial charge is 0.273 e. The second-order valence-corrected chi connectivity index (χ2v) is 6.67. The summed E-state index contributed by atoms with van der Waals surface area (Å²) in [5.74, 6) is 1.50. The minimum Gasteiger partial charge on any atom is -0.355 e. The van der Waals surface area contributed by atoms with Gasteiger partial charge in [0.25, 0.3) is 5.91 Å². The minimum atomic E-state index is -0.180. The molecular formula is C21H20N2O2. The molecule has 2 aromatic carbocycles. The Morgan fingerprint density at radius 2 is 1.92 bits per heavy atom. The summed E-state index contributed by atoms with van der Waals surface area (Å²) >= 11 is 0. The van der Waals surface area contributed by atoms with Crippen LogP contribution in [0.5, 0.6) is 0 Å². The van der Waals surface area contributed by atoms with Crippen molar-refractivity contribution >= 4 is 5.91 Å². The Morgan fingerprint density at radius 1 is 1.16 bits per heavy atom. The van der Waals surface area contributed by atoms with Crippen molar-refractivity contribution in [1.82, 2.24) is 10.5 Å². The van der Waals surface area contributed by atoms with Gasteiger partial charge in [-0.2, -0.15) is 0 Å². The van der Waals surface area contributed by atoms with E-state index in [1.54, 1.807) is 6.07 Å². The number of rotatable bonds is 5. The molecule has 2 unspecified atom stereocenters. The van der Waals surface area contributed by atoms with E-state index in [9.17, 15) is 4.79 Å². The van der Waals surface area contributed by atoms with Gasteiger partial charge in [-0.05, 0) is 30.7 Å². The summed E-state index contributed by atoms with van der Waals surface area (Å²) in [5.41, 5.74) is 3.78. The lowest BCUT2D eigenvalue weighted by Crippen LogP contribution is -2.26. The van der Waals surface area contributed by atoms with Gasteiger partial charge in [0.2, 0.25) is 0 Å². The van der Waals surface area contributed by atoms with Crippen LogP contribution in [0.15, 0.2) is 65.2 Å². The first-order valence-corrected chi connectivity index (χ1v) is 8.57. The molecule has 1 aliphatic rings. The number of aryl methyl sites for hydroxylation is 1. The number of carbonyl (C=O) groups excluding carboxylic acids is 1. The van der Waals surface area contributed by atoms with Crippen molar-refractivity contribution in [3.63, 3.8) is 0 Å². The SMILES string of the molecule is Cc1ccc(-c2cc(C(=O)NCC3CC3c3ccccc3)no2)cc1. The number of carbonyl (C=O) groups is 1. The first-order chi connectivity index (χ1) is 12.2. The number of hydrogen-bond donors (Lipinski definition) is 1. The maximum atomic E-state index is 12.3. The molecule has 1 aliphatic carbocycles. The lowest BCUT2D eigenvalue weighted by atomic mass is 10.1. The fraction of sp³-hybridized carbons (Fsp3) is 0.238. The second kappa shape index (κ2) is 6.55. The van der Waals surface area contributed by atoms with Crippen LogP contribution in [-0.2, 0) is 0 Å². The maximum absolute atomic E-state index is 12.3. The molecule has 1 aromatic heterocycles. The molecule has 0 bridgehead atoms. The highest BCUT2D eigenvalue weighted by Crippen LogP contribution is 2.46. The zero-order valence-corrected chi connectivity index (χ0v) is 14.1. The van der Waals surface area contributed by atoms with Gasteiger partial charge in [-0.1, -0.05) is 65.3 Å². The third-order valence-electron chi connectivity index (χ3n) is 4.75. The summed E-state index contributed by atoms with van der Waals surface area (Å²) in [4.78, 5) is 12.3. The summed E-state index contributed by atoms with van der Waals surface area (Å²) in [5, 5.41) is 6.88. The first-order valence-electron chi connectivity index (χ1n) is 8.57. The molecule has 25 heavy (non-hydrogen) atoms. The van der Waals surface area contributed by atoms with E-state index in [0.29, 0.717) is 29.8 Å². The molecule has 1 N–H and O–H groups in total. The molecule has 126 valence electrons. The molecule has 1 heterocycles. The van der Waals surface area contributed by atoms with Gasteiger partial charge >= 0.3 is 0 Å². The van der Waals surface area contributed by atoms with Crippen LogP contribution < -0.4 is 5.32 Å². The van der Waals surface area contributed by atoms with Gasteiger partial charge in [0.05, 0.1) is 0 Å². The number of benzene rings is 2. The van der Waals surface area contributed by atoms with E-state index in [4.69, 9.17) is 4.52 Å². The zero-order valence-electron chi connectivity index (χ0n) is 14.1. The Hall–Kier alpha value is -2.88. The van der Waals surface area contributed by atoms with Crippen LogP contribution in [0.4, 0.5) is 0 Å². The van der Waals surface area contributed by atoms with Crippen molar-refractivity contribution in [1.29, 1.82) is 0 Å². The Bertz CT molecular complexity index is 868. The minimum absolute atomic E-state index is 0.180. The van der Waals surface area contributed by atoms with Gasteiger partial charge in [0, 0.05) is 18.2 Å². The van der Waals surface area contributed by atoms with Crippen LogP contribution in [0.25, 0.3) is 11.3 Å². The van der Waals surface area contributed by atoms with Gasteiger partial charge in [-0.25, -0.2) is 0 Å². The zero-order chi connectivity index (χ0) is 17.2. The van der Waals surface area contributed by atoms with Crippen molar-refractivity contribution in [3.8, 4) is 11.3 Å². The lowest BCUT2D eigenvalue weighted by molar-refractivity contribution is 0.0942. The van der Waals surface area contributed by atoms with Crippen molar-refractivity contribution in [2.75, 3.05) is 6.54 Å². The molecule has 1 saturated carbocycles. The Morgan fingerprint density at radius 3 is 2.68 bits per heavy atom. The number of nitrogens with zero attached hydrogens (tertiary/aromatic N) is 1. The molecule has 4 heteroatoms. The summed E-state index contributed by atoms with van der Waals surface area (Å²) in [6.07, 6.45) is 1.12. The molecule has 4 nitrogen and oxygen atoms in total. The summed E-state index contributed by atoms with van der Waals surface area (Å²) in [6.45, 7) is 2.70. The molecule has 0 aliphatic heterocycles. The van der Waals surface area contributed by atoms with Crippen LogP contribution in [-0.4, -0.2) is 17.6 Å². The van der Waals surface area contributed by atoms with Crippen LogP contribution in [0.1, 0.15) is 34.0 Å². The fourth-order valence-corrected chi connectivity index (χ4v) is 3.13. The highest BCUT2D eigenvalue weighted by Gasteiger charge is 2.38. The summed E-state index contributed by atoms with van der Waals surface area (Å²) < 4.78 is 5.31. The standard InChI is InChI=1S/C21H20N2O2/c1-14-7-9-16(10-8-14)20-12-19(23-25-20)21(24)22-13-17-11-18(17)15-5-3-2-4-6-15/h2-10,12,17-18H,11,13H2,1H3,(H,22,24). The average Bonchev–Trinajstić information content (AvgIpc) is 3.26. The van der Waals surface area contributed by atoms with Crippen molar-refractivity contribution in [2.24, 2.45) is 5.92 Å². The van der Waals surface area contributed by atoms with E-state index in [1.165, 1.54) is 11.1 Å². The number of amides is 1. The third-order valence-corrected chi connectivity index (χ3v) is 4.75. The monoisotopic (exact) mass is 332 g/mol. The van der Waals surface area contributed by atoms with E-state index in [-0.39, 0.29) is 5.91 Å². The Kier molecular flexibility index (Phi) is 4.10. The van der Waals surface area contributed by atoms with Gasteiger partial charge in [0.15, 0.2) is 11.5 Å². The molecule has 3 aromatic rings. The molecule has 1 amide bonds. The molecule has 4 rings (SSSR count). The number of aromatic nitrogens is 1. The highest BCUT2D eigenvalue weighted by molar-refractivity contribution is 5.93. The van der Waals surface area contributed by atoms with E-state index in [1.807, 2.05) is 37.3 Å². The predicted molar refractivity (Wildman–Crippen MR) is 96.3 cm³/mol. The number of nitrogens with one attached hydrogen (secondary N) is 1. The van der Waals surface area contributed by atoms with E-state index < -0.39 is 0 Å². The number of hydrogen-bond acceptors (Lipinski definition) is 3. The van der Waals surface area contributed by atoms with Crippen LogP contribution >= 0.6 is 0 Å². The van der Waals surface area contributed by atoms with Crippen LogP contribution in [0.3, 0.4) is 0 Å². The van der Waals surface area contributed by atoms with Gasteiger partial charge in [-0.15, -0.1) is 0 Å². The van der Waals surface area contributed by atoms with Crippen molar-refractivity contribution in [3.05, 3.63) is 77.5 Å². The van der Waals surface area contributed by atoms with E-state index >= 15 is 0 Å². The predicted octanol–water partition coefficient (Wildman–Crippen LogP) is 4.18. The average molecular weight is 332 g/mol. The van der Waals surface area contributed by atoms with E-state index in [0.717, 1.165) is 12.0 Å². The second-order valence-electron chi connectivity index (χ2n) is 6.67. The topological polar surface area (TPSA) is 55.1 Å². The first kappa shape index (κ1) is 15.6. The molecule has 0 spiro atoms. The fourth-order valence-electron chi connectivity index (χ4n) is 3.13. The van der Waals surface area contributed by atoms with Crippen LogP contribution in [0, 0.1) is 12.8 Å². The maximum Gasteiger partial charge on any atom is 0.273 e. The molecule has 2 atom stereocenters. The molecule has 0 radical (unpaired) electrons. The van der Waals surface area contributed by atoms with Crippen molar-refractivity contribution < 1.29 is 9.32 Å². The van der Waals surface area contributed by atoms with E-state index in [2.05, 4.69) is 34.7 Å². The van der Waals surface area contributed by atoms with Gasteiger partial charge in [0.1, 0.15) is 0 Å². The Balaban J connectivity index is 1.34. The quantitative estimate of drug-likeness (QED) is 0.762. The Labute approximate surface area is 146 Å². The highest BCUT2D eigenvalue weighted by atomic mass is 16.5. The van der Waals surface area contributed by atoms with Gasteiger partial charge < -0.3 is 9.84 Å². The van der Waals surface area contributed by atoms with Crippen LogP contribution in [0.2, 0.25) is 0 Å². The molecular weight excluding hydrogens is 312 g/mol.